The van der Waals surface area contributed by atoms with Gasteiger partial charge in [0.05, 0.1) is 11.3 Å². The highest BCUT2D eigenvalue weighted by molar-refractivity contribution is 5.68. The number of phenols is 1. The number of imidazole rings is 1. The SMILES string of the molecule is CCC(Nc1ccc([N+](=O)[O-])c(Nc2ccc(O)cc2)n1)n1ccnc1. The molecule has 3 aromatic rings. The zero-order valence-corrected chi connectivity index (χ0v) is 14.0. The molecule has 3 rings (SSSR count). The van der Waals surface area contributed by atoms with Gasteiger partial charge in [-0.25, -0.2) is 9.97 Å². The van der Waals surface area contributed by atoms with Gasteiger partial charge < -0.3 is 20.3 Å². The molecular formula is C17H18N6O3. The zero-order chi connectivity index (χ0) is 18.5. The van der Waals surface area contributed by atoms with E-state index in [1.54, 1.807) is 30.7 Å². The van der Waals surface area contributed by atoms with Crippen molar-refractivity contribution in [1.82, 2.24) is 14.5 Å². The van der Waals surface area contributed by atoms with Crippen molar-refractivity contribution in [3.63, 3.8) is 0 Å². The van der Waals surface area contributed by atoms with E-state index in [1.807, 2.05) is 17.7 Å². The minimum Gasteiger partial charge on any atom is -0.508 e. The van der Waals surface area contributed by atoms with Crippen LogP contribution in [0.1, 0.15) is 19.5 Å². The van der Waals surface area contributed by atoms with Crippen LogP contribution in [0.15, 0.2) is 55.1 Å². The standard InChI is InChI=1S/C17H18N6O3/c1-2-16(22-10-9-18-11-22)20-15-8-7-14(23(25)26)17(21-15)19-12-3-5-13(24)6-4-12/h3-11,16,24H,2H2,1H3,(H2,19,20,21). The first-order chi connectivity index (χ1) is 12.6. The summed E-state index contributed by atoms with van der Waals surface area (Å²) in [4.78, 5) is 19.2. The van der Waals surface area contributed by atoms with Crippen molar-refractivity contribution in [3.8, 4) is 5.75 Å². The van der Waals surface area contributed by atoms with Gasteiger partial charge in [0.1, 0.15) is 17.7 Å². The Labute approximate surface area is 149 Å². The number of nitro groups is 1. The van der Waals surface area contributed by atoms with Crippen LogP contribution in [-0.2, 0) is 0 Å². The smallest absolute Gasteiger partial charge is 0.311 e. The summed E-state index contributed by atoms with van der Waals surface area (Å²) in [7, 11) is 0. The number of hydrogen-bond acceptors (Lipinski definition) is 7. The molecular weight excluding hydrogens is 336 g/mol. The van der Waals surface area contributed by atoms with Gasteiger partial charge in [-0.3, -0.25) is 10.1 Å². The van der Waals surface area contributed by atoms with Crippen molar-refractivity contribution in [2.45, 2.75) is 19.5 Å². The van der Waals surface area contributed by atoms with Crippen LogP contribution in [0.4, 0.5) is 23.0 Å². The Hall–Kier alpha value is -3.62. The quantitative estimate of drug-likeness (QED) is 0.336. The molecule has 0 amide bonds. The van der Waals surface area contributed by atoms with Crippen molar-refractivity contribution >= 4 is 23.0 Å². The summed E-state index contributed by atoms with van der Waals surface area (Å²) in [5, 5.41) is 26.8. The van der Waals surface area contributed by atoms with Gasteiger partial charge in [0.25, 0.3) is 0 Å². The first-order valence-electron chi connectivity index (χ1n) is 8.02. The van der Waals surface area contributed by atoms with Crippen LogP contribution >= 0.6 is 0 Å². The van der Waals surface area contributed by atoms with Crippen LogP contribution < -0.4 is 10.6 Å². The summed E-state index contributed by atoms with van der Waals surface area (Å²) in [5.74, 6) is 0.725. The summed E-state index contributed by atoms with van der Waals surface area (Å²) in [6.07, 6.45) is 5.92. The number of aromatic hydroxyl groups is 1. The number of nitrogens with zero attached hydrogens (tertiary/aromatic N) is 4. The summed E-state index contributed by atoms with van der Waals surface area (Å²) in [5.41, 5.74) is 0.441. The molecule has 9 heteroatoms. The molecule has 0 bridgehead atoms. The van der Waals surface area contributed by atoms with E-state index in [0.29, 0.717) is 11.5 Å². The van der Waals surface area contributed by atoms with Crippen molar-refractivity contribution in [2.75, 3.05) is 10.6 Å². The molecule has 134 valence electrons. The Morgan fingerprint density at radius 1 is 1.27 bits per heavy atom. The third-order valence-corrected chi connectivity index (χ3v) is 3.79. The van der Waals surface area contributed by atoms with Gasteiger partial charge in [-0.2, -0.15) is 0 Å². The normalized spacial score (nSPS) is 11.7. The first kappa shape index (κ1) is 17.2. The predicted molar refractivity (Wildman–Crippen MR) is 97.5 cm³/mol. The maximum Gasteiger partial charge on any atom is 0.311 e. The maximum atomic E-state index is 11.3. The van der Waals surface area contributed by atoms with E-state index in [-0.39, 0.29) is 23.4 Å². The summed E-state index contributed by atoms with van der Waals surface area (Å²) in [6.45, 7) is 2.01. The molecule has 1 unspecified atom stereocenters. The van der Waals surface area contributed by atoms with E-state index in [9.17, 15) is 15.2 Å². The second-order valence-corrected chi connectivity index (χ2v) is 5.57. The Morgan fingerprint density at radius 3 is 2.65 bits per heavy atom. The number of phenolic OH excluding ortho intramolecular Hbond substituents is 1. The van der Waals surface area contributed by atoms with E-state index >= 15 is 0 Å². The maximum absolute atomic E-state index is 11.3. The van der Waals surface area contributed by atoms with E-state index in [0.717, 1.165) is 6.42 Å². The predicted octanol–water partition coefficient (Wildman–Crippen LogP) is 3.66. The topological polar surface area (TPSA) is 118 Å². The molecule has 0 saturated heterocycles. The summed E-state index contributed by atoms with van der Waals surface area (Å²) in [6, 6.07) is 9.17. The molecule has 0 aliphatic heterocycles. The number of benzene rings is 1. The highest BCUT2D eigenvalue weighted by Crippen LogP contribution is 2.29. The molecule has 1 atom stereocenters. The van der Waals surface area contributed by atoms with Crippen molar-refractivity contribution in [1.29, 1.82) is 0 Å². The van der Waals surface area contributed by atoms with Gasteiger partial charge in [-0.1, -0.05) is 6.92 Å². The second-order valence-electron chi connectivity index (χ2n) is 5.57. The molecule has 9 nitrogen and oxygen atoms in total. The number of rotatable bonds is 7. The van der Waals surface area contributed by atoms with E-state index in [4.69, 9.17) is 0 Å². The molecule has 26 heavy (non-hydrogen) atoms. The average molecular weight is 354 g/mol. The zero-order valence-electron chi connectivity index (χ0n) is 14.0. The van der Waals surface area contributed by atoms with Crippen molar-refractivity contribution < 1.29 is 10.0 Å². The average Bonchev–Trinajstić information content (AvgIpc) is 3.16. The fourth-order valence-electron chi connectivity index (χ4n) is 2.46. The molecule has 0 spiro atoms. The second kappa shape index (κ2) is 7.51. The largest absolute Gasteiger partial charge is 0.508 e. The Balaban J connectivity index is 1.88. The molecule has 0 saturated carbocycles. The molecule has 1 aromatic carbocycles. The van der Waals surface area contributed by atoms with Crippen LogP contribution in [0.25, 0.3) is 0 Å². The number of aromatic nitrogens is 3. The van der Waals surface area contributed by atoms with Gasteiger partial charge >= 0.3 is 5.69 Å². The van der Waals surface area contributed by atoms with Gasteiger partial charge in [0, 0.05) is 24.1 Å². The lowest BCUT2D eigenvalue weighted by Crippen LogP contribution is -2.17. The minimum atomic E-state index is -0.493. The fraction of sp³-hybridized carbons (Fsp3) is 0.176. The number of pyridine rings is 1. The fourth-order valence-corrected chi connectivity index (χ4v) is 2.46. The van der Waals surface area contributed by atoms with Gasteiger partial charge in [0.2, 0.25) is 5.82 Å². The monoisotopic (exact) mass is 354 g/mol. The lowest BCUT2D eigenvalue weighted by atomic mass is 10.3. The molecule has 2 aromatic heterocycles. The van der Waals surface area contributed by atoms with Crippen LogP contribution in [0, 0.1) is 10.1 Å². The first-order valence-corrected chi connectivity index (χ1v) is 8.02. The van der Waals surface area contributed by atoms with Gasteiger partial charge in [-0.15, -0.1) is 0 Å². The highest BCUT2D eigenvalue weighted by atomic mass is 16.6. The lowest BCUT2D eigenvalue weighted by molar-refractivity contribution is -0.384. The molecule has 0 aliphatic rings. The van der Waals surface area contributed by atoms with Crippen molar-refractivity contribution in [2.24, 2.45) is 0 Å². The van der Waals surface area contributed by atoms with Crippen LogP contribution in [-0.4, -0.2) is 24.6 Å². The van der Waals surface area contributed by atoms with E-state index < -0.39 is 4.92 Å². The minimum absolute atomic E-state index is 0.0759. The molecule has 0 aliphatic carbocycles. The molecule has 0 fully saturated rings. The van der Waals surface area contributed by atoms with Gasteiger partial charge in [0.15, 0.2) is 0 Å². The Morgan fingerprint density at radius 2 is 2.04 bits per heavy atom. The van der Waals surface area contributed by atoms with Crippen LogP contribution in [0.3, 0.4) is 0 Å². The lowest BCUT2D eigenvalue weighted by Gasteiger charge is -2.19. The van der Waals surface area contributed by atoms with Gasteiger partial charge in [-0.05, 0) is 36.8 Å². The molecule has 0 radical (unpaired) electrons. The number of hydrogen-bond donors (Lipinski definition) is 3. The Bertz CT molecular complexity index is 880. The van der Waals surface area contributed by atoms with E-state index in [2.05, 4.69) is 20.6 Å². The third kappa shape index (κ3) is 3.89. The highest BCUT2D eigenvalue weighted by Gasteiger charge is 2.18. The number of anilines is 3. The molecule has 2 heterocycles. The Kier molecular flexibility index (Phi) is 4.97. The third-order valence-electron chi connectivity index (χ3n) is 3.79. The van der Waals surface area contributed by atoms with E-state index in [1.165, 1.54) is 18.2 Å². The summed E-state index contributed by atoms with van der Waals surface area (Å²) >= 11 is 0. The van der Waals surface area contributed by atoms with Crippen molar-refractivity contribution in [3.05, 3.63) is 65.2 Å². The van der Waals surface area contributed by atoms with Crippen LogP contribution in [0.5, 0.6) is 5.75 Å². The van der Waals surface area contributed by atoms with Crippen LogP contribution in [0.2, 0.25) is 0 Å². The molecule has 3 N–H and O–H groups in total. The summed E-state index contributed by atoms with van der Waals surface area (Å²) < 4.78 is 1.90. The number of nitrogens with one attached hydrogen (secondary N) is 2.